The highest BCUT2D eigenvalue weighted by molar-refractivity contribution is 6.04. The molecule has 2 saturated carbocycles. The van der Waals surface area contributed by atoms with Crippen molar-refractivity contribution in [2.24, 2.45) is 11.8 Å². The Kier molecular flexibility index (Phi) is 3.99. The Morgan fingerprint density at radius 1 is 1.16 bits per heavy atom. The smallest absolute Gasteiger partial charge is 0.256 e. The molecule has 2 heterocycles. The third-order valence-corrected chi connectivity index (χ3v) is 4.82. The second-order valence-electron chi connectivity index (χ2n) is 6.89. The summed E-state index contributed by atoms with van der Waals surface area (Å²) >= 11 is 0. The summed E-state index contributed by atoms with van der Waals surface area (Å²) in [6, 6.07) is 5.30. The fourth-order valence-electron chi connectivity index (χ4n) is 2.92. The van der Waals surface area contributed by atoms with Gasteiger partial charge in [-0.05, 0) is 50.7 Å². The maximum atomic E-state index is 12.6. The van der Waals surface area contributed by atoms with Gasteiger partial charge in [-0.3, -0.25) is 9.59 Å². The molecular weight excluding hydrogens is 318 g/mol. The fraction of sp³-hybridized carbons (Fsp3) is 0.444. The van der Waals surface area contributed by atoms with Crippen molar-refractivity contribution in [2.45, 2.75) is 38.6 Å². The molecule has 0 radical (unpaired) electrons. The third-order valence-electron chi connectivity index (χ3n) is 4.82. The number of pyridine rings is 1. The number of nitrogens with one attached hydrogen (secondary N) is 2. The molecule has 1 unspecified atom stereocenters. The van der Waals surface area contributed by atoms with Gasteiger partial charge >= 0.3 is 0 Å². The number of nitrogens with zero attached hydrogens (tertiary/aromatic N) is 3. The van der Waals surface area contributed by atoms with Crippen LogP contribution in [0, 0.1) is 11.8 Å². The number of hydrogen-bond acceptors (Lipinski definition) is 4. The largest absolute Gasteiger partial charge is 0.310 e. The van der Waals surface area contributed by atoms with Crippen LogP contribution in [0.15, 0.2) is 30.6 Å². The molecule has 2 aliphatic carbocycles. The number of aromatic nitrogens is 3. The number of rotatable bonds is 6. The first kappa shape index (κ1) is 15.8. The zero-order valence-corrected chi connectivity index (χ0v) is 14.1. The average molecular weight is 339 g/mol. The molecule has 2 aromatic rings. The monoisotopic (exact) mass is 339 g/mol. The first-order valence-electron chi connectivity index (χ1n) is 8.73. The first-order valence-corrected chi connectivity index (χ1v) is 8.73. The zero-order valence-electron chi connectivity index (χ0n) is 14.1. The van der Waals surface area contributed by atoms with E-state index in [2.05, 4.69) is 27.6 Å². The van der Waals surface area contributed by atoms with Gasteiger partial charge in [0.25, 0.3) is 5.91 Å². The lowest BCUT2D eigenvalue weighted by Crippen LogP contribution is -2.19. The van der Waals surface area contributed by atoms with Crippen LogP contribution in [0.2, 0.25) is 0 Å². The summed E-state index contributed by atoms with van der Waals surface area (Å²) in [4.78, 5) is 28.5. The topological polar surface area (TPSA) is 88.9 Å². The third kappa shape index (κ3) is 3.55. The molecule has 0 bridgehead atoms. The van der Waals surface area contributed by atoms with Gasteiger partial charge in [-0.2, -0.15) is 5.10 Å². The Morgan fingerprint density at radius 2 is 1.96 bits per heavy atom. The standard InChI is InChI=1S/C18H21N5O2/c1-11(12-2-3-12)23-16(7-9-20-23)22-18(25)14-6-8-19-15(10-14)21-17(24)13-4-5-13/h6-13H,2-5H2,1H3,(H,22,25)(H,19,21,24). The van der Waals surface area contributed by atoms with E-state index in [-0.39, 0.29) is 23.8 Å². The van der Waals surface area contributed by atoms with E-state index in [1.165, 1.54) is 19.0 Å². The van der Waals surface area contributed by atoms with Gasteiger partial charge in [0.2, 0.25) is 5.91 Å². The lowest BCUT2D eigenvalue weighted by atomic mass is 10.2. The summed E-state index contributed by atoms with van der Waals surface area (Å²) in [5, 5.41) is 10.0. The van der Waals surface area contributed by atoms with Crippen LogP contribution < -0.4 is 10.6 Å². The fourth-order valence-corrected chi connectivity index (χ4v) is 2.92. The van der Waals surface area contributed by atoms with Crippen LogP contribution in [0.3, 0.4) is 0 Å². The van der Waals surface area contributed by atoms with Crippen molar-refractivity contribution in [1.82, 2.24) is 14.8 Å². The van der Waals surface area contributed by atoms with Gasteiger partial charge in [-0.25, -0.2) is 9.67 Å². The molecule has 4 rings (SSSR count). The van der Waals surface area contributed by atoms with E-state index in [1.807, 2.05) is 4.68 Å². The van der Waals surface area contributed by atoms with E-state index in [0.717, 1.165) is 12.8 Å². The summed E-state index contributed by atoms with van der Waals surface area (Å²) in [5.74, 6) is 1.56. The normalized spacial score (nSPS) is 17.8. The van der Waals surface area contributed by atoms with Gasteiger partial charge in [0.1, 0.15) is 11.6 Å². The summed E-state index contributed by atoms with van der Waals surface area (Å²) in [6.45, 7) is 2.12. The molecule has 2 N–H and O–H groups in total. The minimum atomic E-state index is -0.242. The lowest BCUT2D eigenvalue weighted by molar-refractivity contribution is -0.117. The molecule has 130 valence electrons. The molecule has 0 aromatic carbocycles. The van der Waals surface area contributed by atoms with Gasteiger partial charge < -0.3 is 10.6 Å². The average Bonchev–Trinajstić information content (AvgIpc) is 3.52. The molecule has 7 heteroatoms. The van der Waals surface area contributed by atoms with Crippen molar-refractivity contribution in [3.8, 4) is 0 Å². The predicted molar refractivity (Wildman–Crippen MR) is 93.2 cm³/mol. The molecule has 0 aliphatic heterocycles. The second-order valence-corrected chi connectivity index (χ2v) is 6.89. The first-order chi connectivity index (χ1) is 12.1. The van der Waals surface area contributed by atoms with Crippen molar-refractivity contribution in [2.75, 3.05) is 10.6 Å². The summed E-state index contributed by atoms with van der Waals surface area (Å²) in [5.41, 5.74) is 0.452. The number of hydrogen-bond donors (Lipinski definition) is 2. The SMILES string of the molecule is CC(C1CC1)n1nccc1NC(=O)c1ccnc(NC(=O)C2CC2)c1. The quantitative estimate of drug-likeness (QED) is 0.847. The van der Waals surface area contributed by atoms with Crippen molar-refractivity contribution >= 4 is 23.5 Å². The summed E-state index contributed by atoms with van der Waals surface area (Å²) < 4.78 is 1.87. The van der Waals surface area contributed by atoms with Crippen LogP contribution >= 0.6 is 0 Å². The Balaban J connectivity index is 1.46. The van der Waals surface area contributed by atoms with E-state index in [4.69, 9.17) is 0 Å². The van der Waals surface area contributed by atoms with E-state index in [0.29, 0.717) is 23.1 Å². The van der Waals surface area contributed by atoms with Crippen molar-refractivity contribution < 1.29 is 9.59 Å². The van der Waals surface area contributed by atoms with Crippen LogP contribution in [-0.2, 0) is 4.79 Å². The predicted octanol–water partition coefficient (Wildman–Crippen LogP) is 2.85. The molecular formula is C18H21N5O2. The minimum Gasteiger partial charge on any atom is -0.310 e. The highest BCUT2D eigenvalue weighted by Crippen LogP contribution is 2.40. The Bertz CT molecular complexity index is 807. The second kappa shape index (κ2) is 6.31. The Morgan fingerprint density at radius 3 is 2.68 bits per heavy atom. The van der Waals surface area contributed by atoms with Gasteiger partial charge in [0.15, 0.2) is 0 Å². The Labute approximate surface area is 145 Å². The molecule has 0 spiro atoms. The van der Waals surface area contributed by atoms with Crippen molar-refractivity contribution in [1.29, 1.82) is 0 Å². The summed E-state index contributed by atoms with van der Waals surface area (Å²) in [6.07, 6.45) is 7.50. The molecule has 7 nitrogen and oxygen atoms in total. The number of carbonyl (C=O) groups is 2. The number of anilines is 2. The van der Waals surface area contributed by atoms with Crippen LogP contribution in [0.1, 0.15) is 49.0 Å². The van der Waals surface area contributed by atoms with E-state index < -0.39 is 0 Å². The van der Waals surface area contributed by atoms with Crippen LogP contribution in [0.5, 0.6) is 0 Å². The molecule has 2 fully saturated rings. The van der Waals surface area contributed by atoms with Gasteiger partial charge in [-0.1, -0.05) is 0 Å². The van der Waals surface area contributed by atoms with Crippen molar-refractivity contribution in [3.63, 3.8) is 0 Å². The highest BCUT2D eigenvalue weighted by atomic mass is 16.2. The molecule has 1 atom stereocenters. The highest BCUT2D eigenvalue weighted by Gasteiger charge is 2.31. The molecule has 2 aromatic heterocycles. The molecule has 2 amide bonds. The van der Waals surface area contributed by atoms with E-state index in [9.17, 15) is 9.59 Å². The van der Waals surface area contributed by atoms with Crippen LogP contribution in [0.4, 0.5) is 11.6 Å². The molecule has 2 aliphatic rings. The maximum absolute atomic E-state index is 12.6. The minimum absolute atomic E-state index is 0.0265. The summed E-state index contributed by atoms with van der Waals surface area (Å²) in [7, 11) is 0. The maximum Gasteiger partial charge on any atom is 0.256 e. The van der Waals surface area contributed by atoms with E-state index in [1.54, 1.807) is 24.4 Å². The number of amides is 2. The molecule has 25 heavy (non-hydrogen) atoms. The number of carbonyl (C=O) groups excluding carboxylic acids is 2. The zero-order chi connectivity index (χ0) is 17.4. The van der Waals surface area contributed by atoms with Crippen LogP contribution in [0.25, 0.3) is 0 Å². The van der Waals surface area contributed by atoms with Crippen LogP contribution in [-0.4, -0.2) is 26.6 Å². The van der Waals surface area contributed by atoms with Gasteiger partial charge in [0.05, 0.1) is 12.2 Å². The van der Waals surface area contributed by atoms with E-state index >= 15 is 0 Å². The Hall–Kier alpha value is -2.70. The van der Waals surface area contributed by atoms with Gasteiger partial charge in [0, 0.05) is 23.7 Å². The molecule has 0 saturated heterocycles. The lowest BCUT2D eigenvalue weighted by Gasteiger charge is -2.15. The van der Waals surface area contributed by atoms with Crippen molar-refractivity contribution in [3.05, 3.63) is 36.2 Å². The van der Waals surface area contributed by atoms with Gasteiger partial charge in [-0.15, -0.1) is 0 Å².